The van der Waals surface area contributed by atoms with Crippen molar-refractivity contribution in [2.45, 2.75) is 39.5 Å². The summed E-state index contributed by atoms with van der Waals surface area (Å²) in [6.45, 7) is 3.09. The third-order valence-corrected chi connectivity index (χ3v) is 5.95. The van der Waals surface area contributed by atoms with Gasteiger partial charge in [0.25, 0.3) is 5.91 Å². The van der Waals surface area contributed by atoms with Gasteiger partial charge in [-0.05, 0) is 62.4 Å². The molecule has 1 aliphatic rings. The average Bonchev–Trinajstić information content (AvgIpc) is 3.05. The van der Waals surface area contributed by atoms with E-state index in [1.165, 1.54) is 47.4 Å². The van der Waals surface area contributed by atoms with Gasteiger partial charge in [0.2, 0.25) is 5.91 Å². The smallest absolute Gasteiger partial charge is 0.341 e. The molecule has 29 heavy (non-hydrogen) atoms. The summed E-state index contributed by atoms with van der Waals surface area (Å²) in [5, 5.41) is 3.19. The fourth-order valence-electron chi connectivity index (χ4n) is 3.43. The number of fused-ring (bicyclic) bond motifs is 1. The molecule has 1 aromatic carbocycles. The molecule has 0 bridgehead atoms. The second kappa shape index (κ2) is 9.17. The zero-order valence-electron chi connectivity index (χ0n) is 16.4. The van der Waals surface area contributed by atoms with Gasteiger partial charge in [-0.3, -0.25) is 9.59 Å². The van der Waals surface area contributed by atoms with E-state index < -0.39 is 24.3 Å². The van der Waals surface area contributed by atoms with E-state index in [1.54, 1.807) is 6.92 Å². The Kier molecular flexibility index (Phi) is 6.64. The summed E-state index contributed by atoms with van der Waals surface area (Å²) in [6, 6.07) is 5.55. The van der Waals surface area contributed by atoms with Crippen molar-refractivity contribution in [1.82, 2.24) is 0 Å². The number of carbonyl (C=O) groups excluding carboxylic acids is 3. The van der Waals surface area contributed by atoms with Crippen LogP contribution in [0.25, 0.3) is 0 Å². The Labute approximate surface area is 172 Å². The average molecular weight is 418 g/mol. The van der Waals surface area contributed by atoms with Gasteiger partial charge in [-0.15, -0.1) is 11.3 Å². The second-order valence-electron chi connectivity index (χ2n) is 6.79. The number of thiophene rings is 1. The van der Waals surface area contributed by atoms with Crippen LogP contribution in [-0.4, -0.2) is 30.9 Å². The Bertz CT molecular complexity index is 924. The topological polar surface area (TPSA) is 75.7 Å². The third kappa shape index (κ3) is 4.82. The van der Waals surface area contributed by atoms with Crippen molar-refractivity contribution in [2.75, 3.05) is 23.4 Å². The van der Waals surface area contributed by atoms with Crippen LogP contribution in [0.2, 0.25) is 0 Å². The second-order valence-corrected chi connectivity index (χ2v) is 7.89. The molecule has 154 valence electrons. The lowest BCUT2D eigenvalue weighted by molar-refractivity contribution is -0.121. The summed E-state index contributed by atoms with van der Waals surface area (Å²) in [4.78, 5) is 39.4. The minimum Gasteiger partial charge on any atom is -0.452 e. The van der Waals surface area contributed by atoms with E-state index in [-0.39, 0.29) is 5.91 Å². The molecule has 6 nitrogen and oxygen atoms in total. The van der Waals surface area contributed by atoms with Crippen LogP contribution in [0, 0.1) is 5.82 Å². The molecule has 0 saturated carbocycles. The van der Waals surface area contributed by atoms with E-state index in [0.29, 0.717) is 22.8 Å². The van der Waals surface area contributed by atoms with Crippen LogP contribution >= 0.6 is 11.3 Å². The molecule has 0 unspecified atom stereocenters. The number of benzene rings is 1. The highest BCUT2D eigenvalue weighted by Crippen LogP contribution is 2.38. The van der Waals surface area contributed by atoms with Gasteiger partial charge < -0.3 is 15.0 Å². The highest BCUT2D eigenvalue weighted by atomic mass is 32.1. The van der Waals surface area contributed by atoms with Gasteiger partial charge in [-0.2, -0.15) is 0 Å². The first-order chi connectivity index (χ1) is 13.9. The number of likely N-dealkylation sites (N-methyl/N-ethyl adjacent to an activating group) is 1. The highest BCUT2D eigenvalue weighted by Gasteiger charge is 2.28. The van der Waals surface area contributed by atoms with Crippen LogP contribution in [0.4, 0.5) is 15.1 Å². The molecule has 0 spiro atoms. The van der Waals surface area contributed by atoms with Crippen molar-refractivity contribution in [1.29, 1.82) is 0 Å². The number of hydrogen-bond acceptors (Lipinski definition) is 5. The van der Waals surface area contributed by atoms with Gasteiger partial charge in [0.1, 0.15) is 10.8 Å². The first-order valence-corrected chi connectivity index (χ1v) is 10.4. The maximum atomic E-state index is 13.1. The van der Waals surface area contributed by atoms with Crippen molar-refractivity contribution in [3.05, 3.63) is 46.1 Å². The van der Waals surface area contributed by atoms with Crippen molar-refractivity contribution in [3.63, 3.8) is 0 Å². The maximum absolute atomic E-state index is 13.1. The SMILES string of the molecule is CCN(C(=O)COC(=O)c1c(NC(C)=O)sc2c1CCCC2)c1ccc(F)cc1. The Balaban J connectivity index is 1.74. The zero-order valence-corrected chi connectivity index (χ0v) is 17.2. The lowest BCUT2D eigenvalue weighted by Gasteiger charge is -2.21. The van der Waals surface area contributed by atoms with E-state index in [0.717, 1.165) is 36.1 Å². The van der Waals surface area contributed by atoms with Crippen molar-refractivity contribution in [3.8, 4) is 0 Å². The number of hydrogen-bond donors (Lipinski definition) is 1. The molecule has 1 heterocycles. The standard InChI is InChI=1S/C21H23FN2O4S/c1-3-24(15-10-8-14(22)9-11-15)18(26)12-28-21(27)19-16-6-4-5-7-17(16)29-20(19)23-13(2)25/h8-11H,3-7,12H2,1-2H3,(H,23,25). The van der Waals surface area contributed by atoms with Crippen molar-refractivity contribution < 1.29 is 23.5 Å². The van der Waals surface area contributed by atoms with Crippen LogP contribution in [0.5, 0.6) is 0 Å². The number of halogens is 1. The maximum Gasteiger partial charge on any atom is 0.341 e. The molecule has 0 saturated heterocycles. The lowest BCUT2D eigenvalue weighted by atomic mass is 9.95. The van der Waals surface area contributed by atoms with Gasteiger partial charge in [0.05, 0.1) is 5.56 Å². The van der Waals surface area contributed by atoms with E-state index in [1.807, 2.05) is 0 Å². The van der Waals surface area contributed by atoms with Gasteiger partial charge in [-0.1, -0.05) is 0 Å². The van der Waals surface area contributed by atoms with Crippen LogP contribution in [0.3, 0.4) is 0 Å². The van der Waals surface area contributed by atoms with Gasteiger partial charge in [-0.25, -0.2) is 9.18 Å². The Morgan fingerprint density at radius 1 is 1.17 bits per heavy atom. The molecule has 1 aliphatic carbocycles. The molecule has 0 aliphatic heterocycles. The number of carbonyl (C=O) groups is 3. The third-order valence-electron chi connectivity index (χ3n) is 4.75. The minimum atomic E-state index is -0.614. The molecule has 2 aromatic rings. The molecular weight excluding hydrogens is 395 g/mol. The number of esters is 1. The number of nitrogens with zero attached hydrogens (tertiary/aromatic N) is 1. The number of rotatable bonds is 6. The van der Waals surface area contributed by atoms with Crippen LogP contribution in [0.1, 0.15) is 47.5 Å². The summed E-state index contributed by atoms with van der Waals surface area (Å²) in [7, 11) is 0. The number of amides is 2. The van der Waals surface area contributed by atoms with E-state index in [4.69, 9.17) is 4.74 Å². The molecular formula is C21H23FN2O4S. The minimum absolute atomic E-state index is 0.262. The number of nitrogens with one attached hydrogen (secondary N) is 1. The molecule has 1 N–H and O–H groups in total. The molecule has 2 amide bonds. The van der Waals surface area contributed by atoms with Gasteiger partial charge in [0, 0.05) is 24.0 Å². The Morgan fingerprint density at radius 3 is 2.52 bits per heavy atom. The van der Waals surface area contributed by atoms with E-state index in [2.05, 4.69) is 5.32 Å². The predicted molar refractivity (Wildman–Crippen MR) is 110 cm³/mol. The molecule has 3 rings (SSSR count). The summed E-state index contributed by atoms with van der Waals surface area (Å²) in [5.41, 5.74) is 1.80. The molecule has 1 aromatic heterocycles. The zero-order chi connectivity index (χ0) is 21.0. The van der Waals surface area contributed by atoms with E-state index >= 15 is 0 Å². The largest absolute Gasteiger partial charge is 0.452 e. The summed E-state index contributed by atoms with van der Waals surface area (Å²) in [5.74, 6) is -1.67. The molecule has 0 radical (unpaired) electrons. The monoisotopic (exact) mass is 418 g/mol. The van der Waals surface area contributed by atoms with Gasteiger partial charge in [0.15, 0.2) is 6.61 Å². The summed E-state index contributed by atoms with van der Waals surface area (Å²) >= 11 is 1.40. The summed E-state index contributed by atoms with van der Waals surface area (Å²) < 4.78 is 18.4. The predicted octanol–water partition coefficient (Wildman–Crippen LogP) is 3.93. The Hall–Kier alpha value is -2.74. The Morgan fingerprint density at radius 2 is 1.86 bits per heavy atom. The first-order valence-electron chi connectivity index (χ1n) is 9.55. The van der Waals surface area contributed by atoms with Crippen LogP contribution in [0.15, 0.2) is 24.3 Å². The molecule has 0 atom stereocenters. The normalized spacial score (nSPS) is 12.8. The quantitative estimate of drug-likeness (QED) is 0.721. The lowest BCUT2D eigenvalue weighted by Crippen LogP contribution is -2.34. The fourth-order valence-corrected chi connectivity index (χ4v) is 4.75. The van der Waals surface area contributed by atoms with Crippen molar-refractivity contribution in [2.24, 2.45) is 0 Å². The number of ether oxygens (including phenoxy) is 1. The molecule has 8 heteroatoms. The number of anilines is 2. The summed E-state index contributed by atoms with van der Waals surface area (Å²) in [6.07, 6.45) is 3.63. The highest BCUT2D eigenvalue weighted by molar-refractivity contribution is 7.17. The molecule has 0 fully saturated rings. The van der Waals surface area contributed by atoms with Crippen LogP contribution in [-0.2, 0) is 27.2 Å². The van der Waals surface area contributed by atoms with Gasteiger partial charge >= 0.3 is 5.97 Å². The fraction of sp³-hybridized carbons (Fsp3) is 0.381. The first kappa shape index (κ1) is 21.0. The number of aryl methyl sites for hydroxylation is 1. The van der Waals surface area contributed by atoms with Crippen LogP contribution < -0.4 is 10.2 Å². The van der Waals surface area contributed by atoms with Crippen molar-refractivity contribution >= 4 is 39.8 Å². The van der Waals surface area contributed by atoms with E-state index in [9.17, 15) is 18.8 Å².